The maximum atomic E-state index is 2.49. The fourth-order valence-electron chi connectivity index (χ4n) is 1.85. The predicted molar refractivity (Wildman–Crippen MR) is 95.4 cm³/mol. The highest BCUT2D eigenvalue weighted by molar-refractivity contribution is 7.76. The third-order valence-electron chi connectivity index (χ3n) is 3.12. The molecule has 0 saturated carbocycles. The molecule has 0 N–H and O–H groups in total. The maximum Gasteiger partial charge on any atom is 0 e. The molecule has 18 heavy (non-hydrogen) atoms. The quantitative estimate of drug-likeness (QED) is 0.484. The summed E-state index contributed by atoms with van der Waals surface area (Å²) in [5.74, 6) is 1.46. The molecule has 0 aromatic carbocycles. The van der Waals surface area contributed by atoms with Gasteiger partial charge < -0.3 is 0 Å². The van der Waals surface area contributed by atoms with Crippen molar-refractivity contribution in [2.75, 3.05) is 12.6 Å². The van der Waals surface area contributed by atoms with Gasteiger partial charge in [0.15, 0.2) is 0 Å². The minimum Gasteiger partial charge on any atom is -0.0999 e. The second-order valence-electron chi connectivity index (χ2n) is 7.78. The predicted octanol–water partition coefficient (Wildman–Crippen LogP) is 5.17. The van der Waals surface area contributed by atoms with Crippen LogP contribution in [-0.2, 0) is 0 Å². The summed E-state index contributed by atoms with van der Waals surface area (Å²) in [6, 6.07) is 0. The van der Waals surface area contributed by atoms with Crippen LogP contribution in [0.15, 0.2) is 0 Å². The van der Waals surface area contributed by atoms with E-state index in [1.807, 2.05) is 0 Å². The zero-order valence-electron chi connectivity index (χ0n) is 14.3. The lowest BCUT2D eigenvalue weighted by molar-refractivity contribution is 0.708. The summed E-state index contributed by atoms with van der Waals surface area (Å²) in [5, 5.41) is 1.47. The van der Waals surface area contributed by atoms with Gasteiger partial charge in [-0.25, -0.2) is 0 Å². The van der Waals surface area contributed by atoms with Gasteiger partial charge in [0.2, 0.25) is 0 Å². The molecule has 104 valence electrons. The number of rotatable bonds is 2. The lowest BCUT2D eigenvalue weighted by Gasteiger charge is -2.45. The standard InChI is InChI=1S/C14H32P2.2B/c1-12(2,3)15(10)11-16(13(4,5)6)14(7,8)9;;/h11H2,1-10H3;;/t15-;;/m1../s1. The molecule has 0 bridgehead atoms. The van der Waals surface area contributed by atoms with E-state index in [1.54, 1.807) is 0 Å². The van der Waals surface area contributed by atoms with Gasteiger partial charge in [-0.05, 0) is 28.0 Å². The Morgan fingerprint density at radius 1 is 0.611 bits per heavy atom. The van der Waals surface area contributed by atoms with Crippen molar-refractivity contribution in [1.82, 2.24) is 0 Å². The van der Waals surface area contributed by atoms with Crippen LogP contribution in [0.4, 0.5) is 0 Å². The topological polar surface area (TPSA) is 0 Å². The highest BCUT2D eigenvalue weighted by Gasteiger charge is 2.36. The van der Waals surface area contributed by atoms with Crippen LogP contribution in [0.25, 0.3) is 0 Å². The highest BCUT2D eigenvalue weighted by Crippen LogP contribution is 2.66. The van der Waals surface area contributed by atoms with Crippen LogP contribution >= 0.6 is 15.8 Å². The summed E-state index contributed by atoms with van der Waals surface area (Å²) in [6.45, 7) is 24.2. The molecular formula is C14H32B2P2. The number of hydrogen-bond donors (Lipinski definition) is 0. The van der Waals surface area contributed by atoms with Crippen LogP contribution in [0, 0.1) is 0 Å². The summed E-state index contributed by atoms with van der Waals surface area (Å²) >= 11 is 0. The van der Waals surface area contributed by atoms with Gasteiger partial charge in [0, 0.05) is 16.8 Å². The molecule has 0 aliphatic rings. The van der Waals surface area contributed by atoms with E-state index in [0.717, 1.165) is 0 Å². The lowest BCUT2D eigenvalue weighted by atomic mass is 10.2. The Labute approximate surface area is 123 Å². The molecule has 0 heterocycles. The van der Waals surface area contributed by atoms with Crippen molar-refractivity contribution in [3.63, 3.8) is 0 Å². The fraction of sp³-hybridized carbons (Fsp3) is 1.00. The van der Waals surface area contributed by atoms with Gasteiger partial charge >= 0.3 is 0 Å². The van der Waals surface area contributed by atoms with E-state index in [0.29, 0.717) is 15.5 Å². The van der Waals surface area contributed by atoms with Gasteiger partial charge in [0.05, 0.1) is 0 Å². The summed E-state index contributed by atoms with van der Waals surface area (Å²) in [6.07, 6.45) is 0. The largest absolute Gasteiger partial charge is 0.0999 e. The van der Waals surface area contributed by atoms with Gasteiger partial charge in [-0.3, -0.25) is 0 Å². The molecule has 0 amide bonds. The molecule has 0 unspecified atom stereocenters. The van der Waals surface area contributed by atoms with Crippen molar-refractivity contribution < 1.29 is 0 Å². The third kappa shape index (κ3) is 8.22. The molecule has 0 aromatic rings. The average molecular weight is 284 g/mol. The van der Waals surface area contributed by atoms with Crippen molar-refractivity contribution in [2.24, 2.45) is 0 Å². The van der Waals surface area contributed by atoms with Gasteiger partial charge in [-0.15, -0.1) is 0 Å². The molecule has 0 saturated heterocycles. The van der Waals surface area contributed by atoms with Gasteiger partial charge in [0.25, 0.3) is 0 Å². The van der Waals surface area contributed by atoms with Crippen molar-refractivity contribution in [3.8, 4) is 0 Å². The van der Waals surface area contributed by atoms with E-state index in [2.05, 4.69) is 69.0 Å². The normalized spacial score (nSPS) is 14.8. The van der Waals surface area contributed by atoms with Crippen LogP contribution in [0.5, 0.6) is 0 Å². The van der Waals surface area contributed by atoms with Crippen LogP contribution < -0.4 is 0 Å². The second kappa shape index (κ2) is 7.69. The van der Waals surface area contributed by atoms with Gasteiger partial charge in [-0.1, -0.05) is 78.2 Å². The monoisotopic (exact) mass is 284 g/mol. The Kier molecular flexibility index (Phi) is 10.3. The Balaban J connectivity index is -0.00000112. The Morgan fingerprint density at radius 2 is 0.889 bits per heavy atom. The van der Waals surface area contributed by atoms with Crippen molar-refractivity contribution in [2.45, 2.75) is 77.8 Å². The van der Waals surface area contributed by atoms with Crippen molar-refractivity contribution in [3.05, 3.63) is 0 Å². The molecule has 0 nitrogen and oxygen atoms in total. The number of hydrogen-bond acceptors (Lipinski definition) is 0. The zero-order chi connectivity index (χ0) is 13.4. The van der Waals surface area contributed by atoms with E-state index < -0.39 is 0 Å². The molecule has 6 radical (unpaired) electrons. The minimum absolute atomic E-state index is 0. The van der Waals surface area contributed by atoms with E-state index in [9.17, 15) is 0 Å². The van der Waals surface area contributed by atoms with Gasteiger partial charge in [0.1, 0.15) is 0 Å². The van der Waals surface area contributed by atoms with Crippen LogP contribution in [0.3, 0.4) is 0 Å². The Bertz CT molecular complexity index is 207. The molecular weight excluding hydrogens is 252 g/mol. The summed E-state index contributed by atoms with van der Waals surface area (Å²) < 4.78 is 0. The molecule has 1 atom stereocenters. The van der Waals surface area contributed by atoms with Crippen molar-refractivity contribution in [1.29, 1.82) is 0 Å². The summed E-state index contributed by atoms with van der Waals surface area (Å²) in [7, 11) is 0.222. The summed E-state index contributed by atoms with van der Waals surface area (Å²) in [4.78, 5) is 0. The fourth-order valence-corrected chi connectivity index (χ4v) is 10.7. The first kappa shape index (κ1) is 24.0. The van der Waals surface area contributed by atoms with Crippen LogP contribution in [0.2, 0.25) is 0 Å². The van der Waals surface area contributed by atoms with E-state index in [4.69, 9.17) is 0 Å². The van der Waals surface area contributed by atoms with Crippen LogP contribution in [-0.4, -0.2) is 44.9 Å². The summed E-state index contributed by atoms with van der Waals surface area (Å²) in [5.41, 5.74) is 0. The average Bonchev–Trinajstić information content (AvgIpc) is 1.92. The third-order valence-corrected chi connectivity index (χ3v) is 11.5. The highest BCUT2D eigenvalue weighted by atomic mass is 31.2. The smallest absolute Gasteiger partial charge is 0 e. The molecule has 0 spiro atoms. The SMILES string of the molecule is C[P@](CP(C(C)(C)C)C(C)(C)C)C(C)(C)C.[B].[B]. The van der Waals surface area contributed by atoms with Crippen LogP contribution in [0.1, 0.15) is 62.3 Å². The molecule has 0 aliphatic carbocycles. The Morgan fingerprint density at radius 3 is 1.06 bits per heavy atom. The van der Waals surface area contributed by atoms with E-state index in [1.165, 1.54) is 5.90 Å². The zero-order valence-corrected chi connectivity index (χ0v) is 16.0. The first-order valence-corrected chi connectivity index (χ1v) is 9.75. The first-order chi connectivity index (χ1) is 6.76. The molecule has 0 rings (SSSR count). The van der Waals surface area contributed by atoms with Crippen molar-refractivity contribution >= 4 is 32.7 Å². The Hall–Kier alpha value is 0.990. The molecule has 0 aliphatic heterocycles. The lowest BCUT2D eigenvalue weighted by Crippen LogP contribution is -2.27. The second-order valence-corrected chi connectivity index (χ2v) is 15.2. The molecule has 0 aromatic heterocycles. The first-order valence-electron chi connectivity index (χ1n) is 6.25. The van der Waals surface area contributed by atoms with E-state index in [-0.39, 0.29) is 32.7 Å². The van der Waals surface area contributed by atoms with Gasteiger partial charge in [-0.2, -0.15) is 0 Å². The minimum atomic E-state index is 0. The van der Waals surface area contributed by atoms with E-state index >= 15 is 0 Å². The molecule has 4 heteroatoms. The maximum absolute atomic E-state index is 2.49. The molecule has 0 fully saturated rings.